The van der Waals surface area contributed by atoms with Crippen molar-refractivity contribution in [2.45, 2.75) is 19.4 Å². The van der Waals surface area contributed by atoms with Gasteiger partial charge in [-0.15, -0.1) is 0 Å². The van der Waals surface area contributed by atoms with E-state index in [4.69, 9.17) is 5.26 Å². The molecule has 18 heavy (non-hydrogen) atoms. The lowest BCUT2D eigenvalue weighted by Crippen LogP contribution is -2.32. The van der Waals surface area contributed by atoms with Crippen molar-refractivity contribution in [1.82, 2.24) is 5.32 Å². The Kier molecular flexibility index (Phi) is 4.32. The Morgan fingerprint density at radius 3 is 2.89 bits per heavy atom. The largest absolute Gasteiger partial charge is 0.348 e. The van der Waals surface area contributed by atoms with E-state index in [9.17, 15) is 19.3 Å². The summed E-state index contributed by atoms with van der Waals surface area (Å²) in [6.45, 7) is 1.58. The molecule has 1 rings (SSSR count). The van der Waals surface area contributed by atoms with Gasteiger partial charge in [0.2, 0.25) is 0 Å². The van der Waals surface area contributed by atoms with E-state index < -0.39 is 28.4 Å². The van der Waals surface area contributed by atoms with Gasteiger partial charge in [0, 0.05) is 12.1 Å². The van der Waals surface area contributed by atoms with Crippen molar-refractivity contribution in [3.63, 3.8) is 0 Å². The van der Waals surface area contributed by atoms with Crippen LogP contribution in [0.15, 0.2) is 18.2 Å². The molecule has 0 saturated carbocycles. The Balaban J connectivity index is 3.01. The van der Waals surface area contributed by atoms with Gasteiger partial charge in [-0.05, 0) is 19.1 Å². The van der Waals surface area contributed by atoms with Crippen molar-refractivity contribution in [2.24, 2.45) is 0 Å². The first kappa shape index (κ1) is 13.6. The molecule has 0 aromatic heterocycles. The third kappa shape index (κ3) is 3.25. The molecule has 6 nitrogen and oxygen atoms in total. The van der Waals surface area contributed by atoms with Gasteiger partial charge in [0.05, 0.1) is 17.4 Å². The van der Waals surface area contributed by atoms with Crippen LogP contribution in [0.4, 0.5) is 10.1 Å². The molecule has 1 amide bonds. The molecule has 0 aliphatic heterocycles. The number of carbonyl (C=O) groups is 1. The zero-order valence-corrected chi connectivity index (χ0v) is 9.51. The van der Waals surface area contributed by atoms with Crippen LogP contribution in [0.3, 0.4) is 0 Å². The van der Waals surface area contributed by atoms with Gasteiger partial charge in [-0.25, -0.2) is 4.39 Å². The maximum atomic E-state index is 13.0. The monoisotopic (exact) mass is 251 g/mol. The van der Waals surface area contributed by atoms with Crippen molar-refractivity contribution >= 4 is 11.6 Å². The van der Waals surface area contributed by atoms with Gasteiger partial charge in [-0.1, -0.05) is 0 Å². The van der Waals surface area contributed by atoms with Crippen LogP contribution in [0, 0.1) is 27.3 Å². The second-order valence-corrected chi connectivity index (χ2v) is 3.66. The van der Waals surface area contributed by atoms with E-state index in [2.05, 4.69) is 5.32 Å². The topological polar surface area (TPSA) is 96.0 Å². The summed E-state index contributed by atoms with van der Waals surface area (Å²) in [6.07, 6.45) is 0.0643. The second-order valence-electron chi connectivity index (χ2n) is 3.66. The number of nitro benzene ring substituents is 1. The Labute approximate surface area is 102 Å². The highest BCUT2D eigenvalue weighted by Crippen LogP contribution is 2.19. The molecular formula is C11H10FN3O3. The van der Waals surface area contributed by atoms with Crippen LogP contribution < -0.4 is 5.32 Å². The molecule has 94 valence electrons. The lowest BCUT2D eigenvalue weighted by Gasteiger charge is -2.10. The molecule has 0 bridgehead atoms. The maximum Gasteiger partial charge on any atom is 0.282 e. The number of rotatable bonds is 4. The highest BCUT2D eigenvalue weighted by Gasteiger charge is 2.21. The number of hydrogen-bond acceptors (Lipinski definition) is 4. The normalized spacial score (nSPS) is 11.4. The fourth-order valence-corrected chi connectivity index (χ4v) is 1.34. The van der Waals surface area contributed by atoms with Gasteiger partial charge in [-0.3, -0.25) is 14.9 Å². The van der Waals surface area contributed by atoms with Crippen LogP contribution in [0.2, 0.25) is 0 Å². The van der Waals surface area contributed by atoms with Crippen molar-refractivity contribution in [3.8, 4) is 6.07 Å². The molecule has 1 unspecified atom stereocenters. The number of benzene rings is 1. The van der Waals surface area contributed by atoms with Crippen LogP contribution in [0.1, 0.15) is 23.7 Å². The Hall–Kier alpha value is -2.49. The number of nitro groups is 1. The summed E-state index contributed by atoms with van der Waals surface area (Å²) < 4.78 is 13.0. The van der Waals surface area contributed by atoms with E-state index in [1.807, 2.05) is 6.07 Å². The van der Waals surface area contributed by atoms with Crippen LogP contribution >= 0.6 is 0 Å². The molecule has 1 atom stereocenters. The van der Waals surface area contributed by atoms with Crippen LogP contribution in [0.5, 0.6) is 0 Å². The lowest BCUT2D eigenvalue weighted by atomic mass is 10.1. The van der Waals surface area contributed by atoms with E-state index in [1.165, 1.54) is 0 Å². The van der Waals surface area contributed by atoms with Crippen LogP contribution in [0.25, 0.3) is 0 Å². The minimum atomic E-state index is -0.774. The molecule has 0 fully saturated rings. The minimum absolute atomic E-state index is 0.0643. The third-order valence-corrected chi connectivity index (χ3v) is 2.17. The molecular weight excluding hydrogens is 241 g/mol. The summed E-state index contributed by atoms with van der Waals surface area (Å²) in [5.74, 6) is -1.51. The minimum Gasteiger partial charge on any atom is -0.348 e. The summed E-state index contributed by atoms with van der Waals surface area (Å²) in [5, 5.41) is 21.5. The van der Waals surface area contributed by atoms with Crippen molar-refractivity contribution in [2.75, 3.05) is 0 Å². The van der Waals surface area contributed by atoms with E-state index in [1.54, 1.807) is 6.92 Å². The van der Waals surface area contributed by atoms with Crippen molar-refractivity contribution in [1.29, 1.82) is 5.26 Å². The fourth-order valence-electron chi connectivity index (χ4n) is 1.34. The molecule has 0 heterocycles. The summed E-state index contributed by atoms with van der Waals surface area (Å²) in [6, 6.07) is 4.02. The van der Waals surface area contributed by atoms with E-state index in [0.717, 1.165) is 18.2 Å². The Bertz CT molecular complexity index is 525. The number of nitrogens with one attached hydrogen (secondary N) is 1. The fraction of sp³-hybridized carbons (Fsp3) is 0.273. The summed E-state index contributed by atoms with van der Waals surface area (Å²) in [5.41, 5.74) is -0.831. The summed E-state index contributed by atoms with van der Waals surface area (Å²) in [4.78, 5) is 21.7. The molecule has 1 aromatic rings. The predicted octanol–water partition coefficient (Wildman–Crippen LogP) is 1.77. The van der Waals surface area contributed by atoms with Crippen molar-refractivity contribution in [3.05, 3.63) is 39.7 Å². The van der Waals surface area contributed by atoms with Gasteiger partial charge in [-0.2, -0.15) is 5.26 Å². The quantitative estimate of drug-likeness (QED) is 0.651. The zero-order valence-electron chi connectivity index (χ0n) is 9.51. The molecule has 0 saturated heterocycles. The van der Waals surface area contributed by atoms with Crippen molar-refractivity contribution < 1.29 is 14.1 Å². The zero-order chi connectivity index (χ0) is 13.7. The van der Waals surface area contributed by atoms with Gasteiger partial charge in [0.15, 0.2) is 0 Å². The van der Waals surface area contributed by atoms with Gasteiger partial charge < -0.3 is 5.32 Å². The highest BCUT2D eigenvalue weighted by atomic mass is 19.1. The molecule has 0 radical (unpaired) electrons. The third-order valence-electron chi connectivity index (χ3n) is 2.17. The maximum absolute atomic E-state index is 13.0. The van der Waals surface area contributed by atoms with Gasteiger partial charge in [0.1, 0.15) is 11.4 Å². The number of amides is 1. The second kappa shape index (κ2) is 5.72. The SMILES string of the molecule is CC(CC#N)NC(=O)c1cc(F)ccc1[N+](=O)[O-]. The molecule has 1 aromatic carbocycles. The number of carbonyl (C=O) groups excluding carboxylic acids is 1. The number of nitrogens with zero attached hydrogens (tertiary/aromatic N) is 2. The van der Waals surface area contributed by atoms with E-state index in [-0.39, 0.29) is 12.0 Å². The molecule has 0 aliphatic rings. The summed E-state index contributed by atoms with van der Waals surface area (Å²) in [7, 11) is 0. The van der Waals surface area contributed by atoms with Crippen LogP contribution in [-0.4, -0.2) is 16.9 Å². The Morgan fingerprint density at radius 1 is 1.67 bits per heavy atom. The first-order valence-corrected chi connectivity index (χ1v) is 5.07. The first-order valence-electron chi connectivity index (χ1n) is 5.07. The lowest BCUT2D eigenvalue weighted by molar-refractivity contribution is -0.385. The predicted molar refractivity (Wildman–Crippen MR) is 60.2 cm³/mol. The molecule has 0 aliphatic carbocycles. The average Bonchev–Trinajstić information content (AvgIpc) is 2.28. The molecule has 0 spiro atoms. The van der Waals surface area contributed by atoms with E-state index in [0.29, 0.717) is 0 Å². The standard InChI is InChI=1S/C11H10FN3O3/c1-7(4-5-13)14-11(16)9-6-8(12)2-3-10(9)15(17)18/h2-3,6-7H,4H2,1H3,(H,14,16). The van der Waals surface area contributed by atoms with Gasteiger partial charge >= 0.3 is 0 Å². The van der Waals surface area contributed by atoms with Crippen LogP contribution in [-0.2, 0) is 0 Å². The average molecular weight is 251 g/mol. The van der Waals surface area contributed by atoms with E-state index >= 15 is 0 Å². The summed E-state index contributed by atoms with van der Waals surface area (Å²) >= 11 is 0. The number of nitriles is 1. The van der Waals surface area contributed by atoms with Gasteiger partial charge in [0.25, 0.3) is 11.6 Å². The first-order chi connectivity index (χ1) is 8.45. The highest BCUT2D eigenvalue weighted by molar-refractivity contribution is 5.98. The number of halogens is 1. The molecule has 1 N–H and O–H groups in total. The Morgan fingerprint density at radius 2 is 2.33 bits per heavy atom. The number of hydrogen-bond donors (Lipinski definition) is 1. The smallest absolute Gasteiger partial charge is 0.282 e. The molecule has 7 heteroatoms.